The SMILES string of the molecule is CC(CNCc1cc(Br)c(Br)s1)N(C)C1CC1. The molecule has 1 atom stereocenters. The van der Waals surface area contributed by atoms with Crippen LogP contribution in [0.1, 0.15) is 24.6 Å². The average molecular weight is 382 g/mol. The maximum Gasteiger partial charge on any atom is 0.0843 e. The van der Waals surface area contributed by atoms with Crippen LogP contribution < -0.4 is 5.32 Å². The Hall–Kier alpha value is 0.580. The quantitative estimate of drug-likeness (QED) is 0.805. The minimum atomic E-state index is 0.620. The zero-order valence-electron chi connectivity index (χ0n) is 10.2. The van der Waals surface area contributed by atoms with Gasteiger partial charge in [0, 0.05) is 34.5 Å². The molecule has 17 heavy (non-hydrogen) atoms. The molecule has 0 aromatic carbocycles. The van der Waals surface area contributed by atoms with Crippen LogP contribution >= 0.6 is 43.2 Å². The standard InChI is InChI=1S/C12H18Br2N2S/c1-8(16(2)9-3-4-9)6-15-7-10-5-11(13)12(14)17-10/h5,8-9,15H,3-4,6-7H2,1-2H3. The molecule has 96 valence electrons. The van der Waals surface area contributed by atoms with E-state index in [-0.39, 0.29) is 0 Å². The second-order valence-electron chi connectivity index (χ2n) is 4.71. The van der Waals surface area contributed by atoms with Crippen molar-refractivity contribution in [3.8, 4) is 0 Å². The van der Waals surface area contributed by atoms with Gasteiger partial charge in [0.05, 0.1) is 3.79 Å². The highest BCUT2D eigenvalue weighted by Crippen LogP contribution is 2.32. The van der Waals surface area contributed by atoms with E-state index in [1.807, 2.05) is 0 Å². The van der Waals surface area contributed by atoms with Crippen molar-refractivity contribution in [1.82, 2.24) is 10.2 Å². The molecule has 0 saturated heterocycles. The second-order valence-corrected chi connectivity index (χ2v) is 8.02. The number of nitrogens with zero attached hydrogens (tertiary/aromatic N) is 1. The zero-order valence-corrected chi connectivity index (χ0v) is 14.2. The minimum absolute atomic E-state index is 0.620. The fraction of sp³-hybridized carbons (Fsp3) is 0.667. The molecular weight excluding hydrogens is 364 g/mol. The molecule has 1 aliphatic carbocycles. The van der Waals surface area contributed by atoms with E-state index in [1.54, 1.807) is 11.3 Å². The Balaban J connectivity index is 1.71. The van der Waals surface area contributed by atoms with E-state index in [0.29, 0.717) is 6.04 Å². The molecule has 1 saturated carbocycles. The fourth-order valence-electron chi connectivity index (χ4n) is 1.87. The molecule has 1 aliphatic rings. The second kappa shape index (κ2) is 6.15. The monoisotopic (exact) mass is 380 g/mol. The molecule has 2 rings (SSSR count). The summed E-state index contributed by atoms with van der Waals surface area (Å²) in [7, 11) is 2.24. The molecule has 1 heterocycles. The zero-order chi connectivity index (χ0) is 12.4. The van der Waals surface area contributed by atoms with Crippen LogP contribution in [0.2, 0.25) is 0 Å². The van der Waals surface area contributed by atoms with Crippen LogP contribution in [0.3, 0.4) is 0 Å². The molecule has 0 bridgehead atoms. The van der Waals surface area contributed by atoms with Crippen LogP contribution in [0, 0.1) is 0 Å². The van der Waals surface area contributed by atoms with Crippen LogP contribution in [0.5, 0.6) is 0 Å². The van der Waals surface area contributed by atoms with E-state index >= 15 is 0 Å². The number of hydrogen-bond donors (Lipinski definition) is 1. The maximum absolute atomic E-state index is 3.53. The molecule has 5 heteroatoms. The van der Waals surface area contributed by atoms with Gasteiger partial charge in [-0.05, 0) is 64.7 Å². The highest BCUT2D eigenvalue weighted by atomic mass is 79.9. The summed E-state index contributed by atoms with van der Waals surface area (Å²) in [6, 6.07) is 3.64. The topological polar surface area (TPSA) is 15.3 Å². The van der Waals surface area contributed by atoms with Crippen molar-refractivity contribution in [2.24, 2.45) is 0 Å². The van der Waals surface area contributed by atoms with Gasteiger partial charge < -0.3 is 5.32 Å². The van der Waals surface area contributed by atoms with Gasteiger partial charge in [0.15, 0.2) is 0 Å². The van der Waals surface area contributed by atoms with Crippen molar-refractivity contribution >= 4 is 43.2 Å². The third kappa shape index (κ3) is 4.03. The Bertz CT molecular complexity index is 357. The fourth-order valence-corrected chi connectivity index (χ4v) is 4.01. The number of likely N-dealkylation sites (N-methyl/N-ethyl adjacent to an activating group) is 1. The number of rotatable bonds is 6. The first kappa shape index (κ1) is 14.0. The number of hydrogen-bond acceptors (Lipinski definition) is 3. The molecule has 0 spiro atoms. The molecule has 0 aliphatic heterocycles. The Morgan fingerprint density at radius 3 is 2.76 bits per heavy atom. The minimum Gasteiger partial charge on any atom is -0.310 e. The summed E-state index contributed by atoms with van der Waals surface area (Å²) >= 11 is 8.82. The van der Waals surface area contributed by atoms with Gasteiger partial charge in [0.25, 0.3) is 0 Å². The van der Waals surface area contributed by atoms with Gasteiger partial charge >= 0.3 is 0 Å². The third-order valence-electron chi connectivity index (χ3n) is 3.25. The van der Waals surface area contributed by atoms with E-state index in [1.165, 1.54) is 21.5 Å². The Kier molecular flexibility index (Phi) is 5.06. The van der Waals surface area contributed by atoms with Crippen LogP contribution in [-0.4, -0.2) is 30.6 Å². The normalized spacial score (nSPS) is 17.7. The molecule has 1 fully saturated rings. The summed E-state index contributed by atoms with van der Waals surface area (Å²) in [5.41, 5.74) is 0. The lowest BCUT2D eigenvalue weighted by Crippen LogP contribution is -2.38. The summed E-state index contributed by atoms with van der Waals surface area (Å²) in [5, 5.41) is 3.53. The Morgan fingerprint density at radius 2 is 2.24 bits per heavy atom. The van der Waals surface area contributed by atoms with Crippen molar-refractivity contribution in [3.63, 3.8) is 0 Å². The molecular formula is C12H18Br2N2S. The van der Waals surface area contributed by atoms with Crippen molar-refractivity contribution in [2.75, 3.05) is 13.6 Å². The van der Waals surface area contributed by atoms with Crippen molar-refractivity contribution < 1.29 is 0 Å². The number of thiophene rings is 1. The van der Waals surface area contributed by atoms with Crippen molar-refractivity contribution in [3.05, 3.63) is 19.2 Å². The Morgan fingerprint density at radius 1 is 1.53 bits per heavy atom. The maximum atomic E-state index is 3.53. The molecule has 1 N–H and O–H groups in total. The highest BCUT2D eigenvalue weighted by molar-refractivity contribution is 9.13. The number of nitrogens with one attached hydrogen (secondary N) is 1. The van der Waals surface area contributed by atoms with Crippen LogP contribution in [0.4, 0.5) is 0 Å². The van der Waals surface area contributed by atoms with Gasteiger partial charge in [-0.2, -0.15) is 0 Å². The largest absolute Gasteiger partial charge is 0.310 e. The summed E-state index contributed by atoms with van der Waals surface area (Å²) in [5.74, 6) is 0. The summed E-state index contributed by atoms with van der Waals surface area (Å²) in [6.45, 7) is 4.31. The first-order valence-corrected chi connectivity index (χ1v) is 8.34. The van der Waals surface area contributed by atoms with Crippen LogP contribution in [0.25, 0.3) is 0 Å². The van der Waals surface area contributed by atoms with Crippen LogP contribution in [-0.2, 0) is 6.54 Å². The van der Waals surface area contributed by atoms with Gasteiger partial charge in [-0.1, -0.05) is 0 Å². The molecule has 2 nitrogen and oxygen atoms in total. The van der Waals surface area contributed by atoms with E-state index < -0.39 is 0 Å². The van der Waals surface area contributed by atoms with E-state index in [4.69, 9.17) is 0 Å². The third-order valence-corrected chi connectivity index (χ3v) is 6.51. The predicted octanol–water partition coefficient (Wildman–Crippen LogP) is 3.85. The lowest BCUT2D eigenvalue weighted by Gasteiger charge is -2.24. The first-order valence-electron chi connectivity index (χ1n) is 5.94. The summed E-state index contributed by atoms with van der Waals surface area (Å²) in [6.07, 6.45) is 2.76. The molecule has 1 unspecified atom stereocenters. The Labute approximate surface area is 124 Å². The van der Waals surface area contributed by atoms with Crippen molar-refractivity contribution in [1.29, 1.82) is 0 Å². The highest BCUT2D eigenvalue weighted by Gasteiger charge is 2.28. The summed E-state index contributed by atoms with van der Waals surface area (Å²) in [4.78, 5) is 3.86. The van der Waals surface area contributed by atoms with Crippen molar-refractivity contribution in [2.45, 2.75) is 38.4 Å². The lowest BCUT2D eigenvalue weighted by atomic mass is 10.3. The van der Waals surface area contributed by atoms with E-state index in [9.17, 15) is 0 Å². The molecule has 1 aromatic heterocycles. The summed E-state index contributed by atoms with van der Waals surface area (Å²) < 4.78 is 2.33. The van der Waals surface area contributed by atoms with Gasteiger partial charge in [-0.3, -0.25) is 4.90 Å². The molecule has 0 radical (unpaired) electrons. The van der Waals surface area contributed by atoms with E-state index in [2.05, 4.69) is 62.1 Å². The predicted molar refractivity (Wildman–Crippen MR) is 81.7 cm³/mol. The first-order chi connectivity index (χ1) is 8.08. The van der Waals surface area contributed by atoms with Gasteiger partial charge in [-0.15, -0.1) is 11.3 Å². The van der Waals surface area contributed by atoms with Gasteiger partial charge in [-0.25, -0.2) is 0 Å². The lowest BCUT2D eigenvalue weighted by molar-refractivity contribution is 0.241. The smallest absolute Gasteiger partial charge is 0.0843 e. The van der Waals surface area contributed by atoms with Gasteiger partial charge in [0.1, 0.15) is 0 Å². The van der Waals surface area contributed by atoms with Gasteiger partial charge in [0.2, 0.25) is 0 Å². The average Bonchev–Trinajstić information content (AvgIpc) is 3.06. The molecule has 0 amide bonds. The number of halogens is 2. The van der Waals surface area contributed by atoms with Crippen LogP contribution in [0.15, 0.2) is 14.3 Å². The van der Waals surface area contributed by atoms with E-state index in [0.717, 1.165) is 23.6 Å². The molecule has 1 aromatic rings.